The minimum Gasteiger partial charge on any atom is -0.468 e. The summed E-state index contributed by atoms with van der Waals surface area (Å²) in [5.41, 5.74) is 0.0814. The molecule has 0 heterocycles. The van der Waals surface area contributed by atoms with Crippen molar-refractivity contribution < 1.29 is 28.7 Å². The van der Waals surface area contributed by atoms with Crippen molar-refractivity contribution in [1.82, 2.24) is 0 Å². The molecule has 4 unspecified atom stereocenters. The fourth-order valence-corrected chi connectivity index (χ4v) is 9.53. The number of Topliss-reactive ketones (excluding diaryl/α,β-unsaturated/α-hetero) is 2. The quantitative estimate of drug-likeness (QED) is 0.385. The summed E-state index contributed by atoms with van der Waals surface area (Å²) in [6.07, 6.45) is 7.52. The van der Waals surface area contributed by atoms with Crippen LogP contribution in [0.3, 0.4) is 0 Å². The summed E-state index contributed by atoms with van der Waals surface area (Å²) in [7, 11) is 2.62. The Balaban J connectivity index is 1.60. The topological polar surface area (TPSA) is 86.7 Å². The number of hydrogen-bond donors (Lipinski definition) is 0. The predicted molar refractivity (Wildman–Crippen MR) is 131 cm³/mol. The second kappa shape index (κ2) is 9.63. The Labute approximate surface area is 210 Å². The van der Waals surface area contributed by atoms with Gasteiger partial charge >= 0.3 is 11.9 Å². The smallest absolute Gasteiger partial charge is 0.320 e. The van der Waals surface area contributed by atoms with Gasteiger partial charge in [0, 0.05) is 24.7 Å². The first-order valence-corrected chi connectivity index (χ1v) is 13.7. The van der Waals surface area contributed by atoms with Crippen LogP contribution in [-0.4, -0.2) is 37.7 Å². The molecule has 9 atom stereocenters. The number of methoxy groups -OCH3 is 2. The van der Waals surface area contributed by atoms with Crippen molar-refractivity contribution in [2.75, 3.05) is 14.2 Å². The third-order valence-electron chi connectivity index (χ3n) is 11.3. The molecule has 4 saturated carbocycles. The molecule has 0 radical (unpaired) electrons. The monoisotopic (exact) mass is 488 g/mol. The average molecular weight is 489 g/mol. The highest BCUT2D eigenvalue weighted by atomic mass is 16.5. The molecule has 0 aromatic heterocycles. The molecular formula is C29H44O6. The molecular weight excluding hydrogens is 444 g/mol. The molecule has 6 nitrogen and oxygen atoms in total. The number of carbonyl (C=O) groups is 4. The maximum absolute atomic E-state index is 14.1. The third kappa shape index (κ3) is 4.07. The molecule has 0 bridgehead atoms. The van der Waals surface area contributed by atoms with Gasteiger partial charge in [0.25, 0.3) is 0 Å². The van der Waals surface area contributed by atoms with Crippen LogP contribution in [0.5, 0.6) is 0 Å². The van der Waals surface area contributed by atoms with Crippen LogP contribution in [0.2, 0.25) is 0 Å². The van der Waals surface area contributed by atoms with Gasteiger partial charge in [-0.15, -0.1) is 0 Å². The number of ether oxygens (including phenoxy) is 2. The number of hydrogen-bond acceptors (Lipinski definition) is 6. The molecule has 4 fully saturated rings. The number of carbonyl (C=O) groups excluding carboxylic acids is 4. The molecule has 4 rings (SSSR count). The Hall–Kier alpha value is -1.72. The molecule has 4 aliphatic rings. The lowest BCUT2D eigenvalue weighted by atomic mass is 9.42. The van der Waals surface area contributed by atoms with Crippen LogP contribution < -0.4 is 0 Å². The van der Waals surface area contributed by atoms with Crippen LogP contribution in [0.4, 0.5) is 0 Å². The number of rotatable bonds is 6. The van der Waals surface area contributed by atoms with E-state index in [0.717, 1.165) is 38.5 Å². The van der Waals surface area contributed by atoms with Crippen molar-refractivity contribution in [3.8, 4) is 0 Å². The van der Waals surface area contributed by atoms with Crippen molar-refractivity contribution in [3.05, 3.63) is 0 Å². The molecule has 196 valence electrons. The highest BCUT2D eigenvalue weighted by Gasteiger charge is 2.65. The number of esters is 2. The van der Waals surface area contributed by atoms with Crippen LogP contribution in [-0.2, 0) is 28.7 Å². The summed E-state index contributed by atoms with van der Waals surface area (Å²) in [4.78, 5) is 51.1. The van der Waals surface area contributed by atoms with Crippen molar-refractivity contribution in [2.24, 2.45) is 58.2 Å². The van der Waals surface area contributed by atoms with Gasteiger partial charge in [0.05, 0.1) is 14.2 Å². The fourth-order valence-electron chi connectivity index (χ4n) is 9.53. The Bertz CT molecular complexity index is 864. The normalized spacial score (nSPS) is 41.6. The van der Waals surface area contributed by atoms with E-state index in [1.54, 1.807) is 0 Å². The lowest BCUT2D eigenvalue weighted by Crippen LogP contribution is -2.60. The second-order valence-electron chi connectivity index (χ2n) is 12.6. The first-order chi connectivity index (χ1) is 16.5. The Kier molecular flexibility index (Phi) is 7.25. The molecule has 0 aromatic carbocycles. The third-order valence-corrected chi connectivity index (χ3v) is 11.3. The van der Waals surface area contributed by atoms with Crippen molar-refractivity contribution in [3.63, 3.8) is 0 Å². The van der Waals surface area contributed by atoms with E-state index in [-0.39, 0.29) is 34.5 Å². The SMILES string of the molecule is CC[C@H]1C(=O)C2C3CCC([C@H](C)CC(C(=O)OC)C(=O)OC)[C@@]3(C)CCC2[C@@]2(C)CCC(=O)C[C@@H]12. The van der Waals surface area contributed by atoms with Crippen LogP contribution in [0.1, 0.15) is 85.5 Å². The largest absolute Gasteiger partial charge is 0.468 e. The van der Waals surface area contributed by atoms with E-state index in [1.165, 1.54) is 14.2 Å². The van der Waals surface area contributed by atoms with Crippen LogP contribution in [0.25, 0.3) is 0 Å². The van der Waals surface area contributed by atoms with Gasteiger partial charge in [0.2, 0.25) is 0 Å². The molecule has 6 heteroatoms. The minimum atomic E-state index is -0.904. The minimum absolute atomic E-state index is 0.00708. The summed E-state index contributed by atoms with van der Waals surface area (Å²) in [6, 6.07) is 0. The molecule has 4 aliphatic carbocycles. The van der Waals surface area contributed by atoms with Gasteiger partial charge < -0.3 is 9.47 Å². The van der Waals surface area contributed by atoms with Crippen LogP contribution in [0, 0.1) is 58.2 Å². The van der Waals surface area contributed by atoms with E-state index in [9.17, 15) is 19.2 Å². The van der Waals surface area contributed by atoms with Gasteiger partial charge in [0.15, 0.2) is 5.92 Å². The highest BCUT2D eigenvalue weighted by Crippen LogP contribution is 2.68. The lowest BCUT2D eigenvalue weighted by Gasteiger charge is -2.61. The summed E-state index contributed by atoms with van der Waals surface area (Å²) in [5.74, 6) is 0.216. The van der Waals surface area contributed by atoms with Crippen molar-refractivity contribution in [1.29, 1.82) is 0 Å². The fraction of sp³-hybridized carbons (Fsp3) is 0.862. The molecule has 0 N–H and O–H groups in total. The Morgan fingerprint density at radius 2 is 1.57 bits per heavy atom. The Morgan fingerprint density at radius 1 is 0.943 bits per heavy atom. The first-order valence-electron chi connectivity index (χ1n) is 13.7. The van der Waals surface area contributed by atoms with E-state index < -0.39 is 17.9 Å². The molecule has 0 aromatic rings. The first kappa shape index (κ1) is 26.3. The summed E-state index contributed by atoms with van der Waals surface area (Å²) in [5, 5.41) is 0. The molecule has 0 amide bonds. The van der Waals surface area contributed by atoms with Crippen LogP contribution >= 0.6 is 0 Å². The molecule has 0 aliphatic heterocycles. The van der Waals surface area contributed by atoms with Gasteiger partial charge in [-0.2, -0.15) is 0 Å². The van der Waals surface area contributed by atoms with E-state index >= 15 is 0 Å². The Morgan fingerprint density at radius 3 is 2.17 bits per heavy atom. The van der Waals surface area contributed by atoms with E-state index in [1.807, 2.05) is 0 Å². The van der Waals surface area contributed by atoms with Crippen LogP contribution in [0.15, 0.2) is 0 Å². The lowest BCUT2D eigenvalue weighted by molar-refractivity contribution is -0.170. The summed E-state index contributed by atoms with van der Waals surface area (Å²) >= 11 is 0. The number of fused-ring (bicyclic) bond motifs is 5. The highest BCUT2D eigenvalue weighted by molar-refractivity contribution is 5.94. The zero-order chi connectivity index (χ0) is 25.7. The molecule has 35 heavy (non-hydrogen) atoms. The predicted octanol–water partition coefficient (Wildman–Crippen LogP) is 5.02. The van der Waals surface area contributed by atoms with E-state index in [4.69, 9.17) is 9.47 Å². The maximum atomic E-state index is 14.1. The maximum Gasteiger partial charge on any atom is 0.320 e. The molecule has 0 saturated heterocycles. The van der Waals surface area contributed by atoms with Gasteiger partial charge in [-0.3, -0.25) is 19.2 Å². The van der Waals surface area contributed by atoms with Crippen molar-refractivity contribution in [2.45, 2.75) is 85.5 Å². The van der Waals surface area contributed by atoms with Crippen molar-refractivity contribution >= 4 is 23.5 Å². The second-order valence-corrected chi connectivity index (χ2v) is 12.6. The van der Waals surface area contributed by atoms with Gasteiger partial charge in [0.1, 0.15) is 11.6 Å². The van der Waals surface area contributed by atoms with Gasteiger partial charge in [-0.1, -0.05) is 27.7 Å². The summed E-state index contributed by atoms with van der Waals surface area (Å²) in [6.45, 7) is 9.00. The average Bonchev–Trinajstić information content (AvgIpc) is 3.20. The zero-order valence-corrected chi connectivity index (χ0v) is 22.4. The summed E-state index contributed by atoms with van der Waals surface area (Å²) < 4.78 is 9.80. The van der Waals surface area contributed by atoms with E-state index in [2.05, 4.69) is 27.7 Å². The standard InChI is InChI=1S/C29H44O6/c1-7-18-23-15-17(30)10-12-29(23,4)22-11-13-28(3)20(8-9-21(28)24(22)25(18)31)16(2)14-19(26(32)34-5)27(33)35-6/h16,18-24H,7-15H2,1-6H3/t16-,18-,20?,21?,22?,23+,24?,28-,29-/m1/s1. The number of ketones is 2. The zero-order valence-electron chi connectivity index (χ0n) is 22.4. The van der Waals surface area contributed by atoms with Gasteiger partial charge in [-0.05, 0) is 85.4 Å². The molecule has 0 spiro atoms. The van der Waals surface area contributed by atoms with Gasteiger partial charge in [-0.25, -0.2) is 0 Å². The van der Waals surface area contributed by atoms with E-state index in [0.29, 0.717) is 48.6 Å².